The maximum absolute atomic E-state index is 12.9. The van der Waals surface area contributed by atoms with Crippen molar-refractivity contribution >= 4 is 27.4 Å². The van der Waals surface area contributed by atoms with E-state index in [4.69, 9.17) is 5.73 Å². The van der Waals surface area contributed by atoms with E-state index in [0.29, 0.717) is 17.0 Å². The summed E-state index contributed by atoms with van der Waals surface area (Å²) >= 11 is 0. The number of ketones is 1. The summed E-state index contributed by atoms with van der Waals surface area (Å²) in [4.78, 5) is 26.1. The number of sulfonamides is 1. The van der Waals surface area contributed by atoms with Crippen molar-refractivity contribution in [1.82, 2.24) is 4.90 Å². The number of rotatable bonds is 6. The van der Waals surface area contributed by atoms with Crippen LogP contribution < -0.4 is 5.73 Å². The summed E-state index contributed by atoms with van der Waals surface area (Å²) in [6.07, 6.45) is 1.77. The van der Waals surface area contributed by atoms with Gasteiger partial charge in [0.2, 0.25) is 11.7 Å². The van der Waals surface area contributed by atoms with Crippen LogP contribution in [0.3, 0.4) is 0 Å². The van der Waals surface area contributed by atoms with Gasteiger partial charge < -0.3 is 10.6 Å². The lowest BCUT2D eigenvalue weighted by molar-refractivity contribution is -0.118. The minimum atomic E-state index is -3.90. The van der Waals surface area contributed by atoms with Crippen LogP contribution in [0.1, 0.15) is 23.7 Å². The Morgan fingerprint density at radius 2 is 1.66 bits per heavy atom. The second-order valence-corrected chi connectivity index (χ2v) is 8.23. The molecule has 0 aliphatic carbocycles. The van der Waals surface area contributed by atoms with Gasteiger partial charge >= 0.3 is 0 Å². The Morgan fingerprint density at radius 1 is 1.07 bits per heavy atom. The first kappa shape index (κ1) is 20.5. The van der Waals surface area contributed by atoms with E-state index in [1.807, 2.05) is 0 Å². The first-order valence-corrected chi connectivity index (χ1v) is 10.5. The van der Waals surface area contributed by atoms with Gasteiger partial charge in [-0.3, -0.25) is 9.59 Å². The number of hydrogen-bond donors (Lipinski definition) is 1. The summed E-state index contributed by atoms with van der Waals surface area (Å²) < 4.78 is 29.2. The van der Waals surface area contributed by atoms with Crippen molar-refractivity contribution in [2.75, 3.05) is 6.54 Å². The number of primary amides is 1. The molecule has 1 heterocycles. The van der Waals surface area contributed by atoms with Gasteiger partial charge in [0.15, 0.2) is 0 Å². The molecule has 1 atom stereocenters. The number of hydrogen-bond acceptors (Lipinski definition) is 5. The first-order valence-electron chi connectivity index (χ1n) is 9.03. The Kier molecular flexibility index (Phi) is 5.93. The molecule has 1 aliphatic rings. The first-order chi connectivity index (χ1) is 13.8. The zero-order chi connectivity index (χ0) is 21.0. The summed E-state index contributed by atoms with van der Waals surface area (Å²) in [7, 11) is -3.90. The van der Waals surface area contributed by atoms with Gasteiger partial charge in [-0.2, -0.15) is 12.8 Å². The highest BCUT2D eigenvalue weighted by molar-refractivity contribution is 7.90. The van der Waals surface area contributed by atoms with Crippen molar-refractivity contribution in [3.8, 4) is 0 Å². The zero-order valence-corrected chi connectivity index (χ0v) is 16.7. The Balaban J connectivity index is 1.99. The van der Waals surface area contributed by atoms with E-state index in [0.717, 1.165) is 0 Å². The average Bonchev–Trinajstić information content (AvgIpc) is 2.71. The molecule has 3 rings (SSSR count). The number of allylic oxidation sites excluding steroid dienone is 2. The highest BCUT2D eigenvalue weighted by atomic mass is 32.2. The largest absolute Gasteiger partial charge is 0.368 e. The van der Waals surface area contributed by atoms with E-state index >= 15 is 0 Å². The van der Waals surface area contributed by atoms with Crippen LogP contribution in [-0.2, 0) is 14.8 Å². The van der Waals surface area contributed by atoms with E-state index in [2.05, 4.69) is 4.40 Å². The Hall–Kier alpha value is -3.26. The summed E-state index contributed by atoms with van der Waals surface area (Å²) in [6, 6.07) is 16.0. The lowest BCUT2D eigenvalue weighted by Crippen LogP contribution is -2.47. The summed E-state index contributed by atoms with van der Waals surface area (Å²) in [5.41, 5.74) is 6.48. The molecule has 0 saturated carbocycles. The van der Waals surface area contributed by atoms with Crippen LogP contribution in [-0.4, -0.2) is 43.3 Å². The summed E-state index contributed by atoms with van der Waals surface area (Å²) in [6.45, 7) is 1.48. The molecule has 0 radical (unpaired) electrons. The van der Waals surface area contributed by atoms with Crippen LogP contribution in [0.2, 0.25) is 0 Å². The smallest absolute Gasteiger partial charge is 0.282 e. The maximum Gasteiger partial charge on any atom is 0.282 e. The molecule has 2 N–H and O–H groups in total. The van der Waals surface area contributed by atoms with E-state index in [9.17, 15) is 18.0 Å². The lowest BCUT2D eigenvalue weighted by atomic mass is 9.97. The number of nitrogens with zero attached hydrogens (tertiary/aromatic N) is 2. The predicted octanol–water partition coefficient (Wildman–Crippen LogP) is 2.16. The van der Waals surface area contributed by atoms with Gasteiger partial charge in [0, 0.05) is 12.0 Å². The van der Waals surface area contributed by atoms with Gasteiger partial charge in [0.05, 0.1) is 28.9 Å². The monoisotopic (exact) mass is 411 g/mol. The van der Waals surface area contributed by atoms with Crippen LogP contribution in [0.4, 0.5) is 0 Å². The van der Waals surface area contributed by atoms with Crippen LogP contribution in [0.15, 0.2) is 81.7 Å². The molecule has 1 unspecified atom stereocenters. The molecule has 29 heavy (non-hydrogen) atoms. The van der Waals surface area contributed by atoms with E-state index < -0.39 is 22.0 Å². The lowest BCUT2D eigenvalue weighted by Gasteiger charge is -2.35. The van der Waals surface area contributed by atoms with Crippen molar-refractivity contribution < 1.29 is 18.0 Å². The number of carbonyl (C=O) groups excluding carboxylic acids is 2. The average molecular weight is 411 g/mol. The van der Waals surface area contributed by atoms with Gasteiger partial charge in [0.1, 0.15) is 0 Å². The van der Waals surface area contributed by atoms with E-state index in [-0.39, 0.29) is 23.6 Å². The van der Waals surface area contributed by atoms with Gasteiger partial charge in [-0.25, -0.2) is 0 Å². The number of benzene rings is 2. The van der Waals surface area contributed by atoms with Crippen molar-refractivity contribution in [1.29, 1.82) is 0 Å². The third-order valence-electron chi connectivity index (χ3n) is 4.64. The fourth-order valence-electron chi connectivity index (χ4n) is 3.14. The number of Topliss-reactive ketones (excluding diaryl/α,β-unsaturated/α-hetero) is 1. The van der Waals surface area contributed by atoms with Gasteiger partial charge in [-0.1, -0.05) is 54.6 Å². The standard InChI is InChI=1S/C21H21N3O4S/c1-15-18(23-29(27,28)17-10-6-3-7-11-17)12-13-19(24(15)14-20(22)25)21(26)16-8-4-2-5-9-16/h2-11,13,15H,12,14H2,1H3,(H2,22,25). The predicted molar refractivity (Wildman–Crippen MR) is 110 cm³/mol. The van der Waals surface area contributed by atoms with Crippen LogP contribution in [0.25, 0.3) is 0 Å². The molecule has 1 aliphatic heterocycles. The third-order valence-corrected chi connectivity index (χ3v) is 5.98. The SMILES string of the molecule is CC1C(=NS(=O)(=O)c2ccccc2)CC=C(C(=O)c2ccccc2)N1CC(N)=O. The van der Waals surface area contributed by atoms with Gasteiger partial charge in [0.25, 0.3) is 10.0 Å². The fraction of sp³-hybridized carbons (Fsp3) is 0.190. The molecular formula is C21H21N3O4S. The zero-order valence-electron chi connectivity index (χ0n) is 15.9. The molecule has 7 nitrogen and oxygen atoms in total. The number of amides is 1. The molecule has 2 aromatic carbocycles. The molecule has 2 aromatic rings. The number of carbonyl (C=O) groups is 2. The van der Waals surface area contributed by atoms with Gasteiger partial charge in [-0.15, -0.1) is 0 Å². The third kappa shape index (κ3) is 4.60. The number of nitrogens with two attached hydrogens (primary N) is 1. The fourth-order valence-corrected chi connectivity index (χ4v) is 4.28. The topological polar surface area (TPSA) is 110 Å². The normalized spacial score (nSPS) is 18.4. The quantitative estimate of drug-likeness (QED) is 0.733. The summed E-state index contributed by atoms with van der Waals surface area (Å²) in [5, 5.41) is 0. The van der Waals surface area contributed by atoms with Crippen molar-refractivity contribution in [3.63, 3.8) is 0 Å². The van der Waals surface area contributed by atoms with E-state index in [1.54, 1.807) is 61.5 Å². The van der Waals surface area contributed by atoms with E-state index in [1.165, 1.54) is 17.0 Å². The second-order valence-electron chi connectivity index (χ2n) is 6.63. The second kappa shape index (κ2) is 8.40. The van der Waals surface area contributed by atoms with Crippen molar-refractivity contribution in [2.45, 2.75) is 24.3 Å². The molecule has 8 heteroatoms. The minimum absolute atomic E-state index is 0.0799. The summed E-state index contributed by atoms with van der Waals surface area (Å²) in [5.74, 6) is -0.889. The van der Waals surface area contributed by atoms with Crippen molar-refractivity contribution in [2.24, 2.45) is 10.1 Å². The minimum Gasteiger partial charge on any atom is -0.368 e. The molecule has 0 aromatic heterocycles. The molecule has 0 spiro atoms. The Labute approximate surface area is 169 Å². The molecule has 0 fully saturated rings. The van der Waals surface area contributed by atoms with Crippen LogP contribution in [0, 0.1) is 0 Å². The molecule has 150 valence electrons. The van der Waals surface area contributed by atoms with Crippen LogP contribution in [0.5, 0.6) is 0 Å². The highest BCUT2D eigenvalue weighted by Crippen LogP contribution is 2.24. The Morgan fingerprint density at radius 3 is 2.24 bits per heavy atom. The Bertz CT molecular complexity index is 1080. The molecule has 1 amide bonds. The van der Waals surface area contributed by atoms with Crippen molar-refractivity contribution in [3.05, 3.63) is 78.0 Å². The molecule has 0 saturated heterocycles. The highest BCUT2D eigenvalue weighted by Gasteiger charge is 2.32. The molecular weight excluding hydrogens is 390 g/mol. The maximum atomic E-state index is 12.9. The molecule has 0 bridgehead atoms. The van der Waals surface area contributed by atoms with Crippen LogP contribution >= 0.6 is 0 Å². The van der Waals surface area contributed by atoms with Gasteiger partial charge in [-0.05, 0) is 19.1 Å².